The molecule has 0 amide bonds. The minimum Gasteiger partial charge on any atom is -0.392 e. The zero-order chi connectivity index (χ0) is 15.5. The molecule has 0 heterocycles. The topological polar surface area (TPSA) is 20.2 Å². The van der Waals surface area contributed by atoms with Gasteiger partial charge in [-0.25, -0.2) is 0 Å². The maximum Gasteiger partial charge on any atom is 0.416 e. The monoisotopic (exact) mass is 358 g/mol. The summed E-state index contributed by atoms with van der Waals surface area (Å²) in [4.78, 5) is 0. The molecule has 2 aromatic carbocycles. The van der Waals surface area contributed by atoms with Crippen LogP contribution in [0.2, 0.25) is 0 Å². The van der Waals surface area contributed by atoms with Crippen molar-refractivity contribution in [3.63, 3.8) is 0 Å². The zero-order valence-corrected chi connectivity index (χ0v) is 12.7. The summed E-state index contributed by atoms with van der Waals surface area (Å²) in [5, 5.41) is 10.0. The van der Waals surface area contributed by atoms with Crippen LogP contribution in [0.4, 0.5) is 13.2 Å². The van der Waals surface area contributed by atoms with E-state index in [0.717, 1.165) is 22.2 Å². The van der Waals surface area contributed by atoms with Gasteiger partial charge in [0.2, 0.25) is 0 Å². The van der Waals surface area contributed by atoms with E-state index in [1.54, 1.807) is 6.07 Å². The average Bonchev–Trinajstić information content (AvgIpc) is 2.37. The third-order valence-electron chi connectivity index (χ3n) is 3.09. The first-order valence-electron chi connectivity index (χ1n) is 6.43. The van der Waals surface area contributed by atoms with Crippen LogP contribution in [0, 0.1) is 0 Å². The number of rotatable bonds is 4. The molecule has 21 heavy (non-hydrogen) atoms. The lowest BCUT2D eigenvalue weighted by atomic mass is 10.00. The van der Waals surface area contributed by atoms with Crippen LogP contribution in [0.1, 0.15) is 16.7 Å². The number of alkyl halides is 3. The van der Waals surface area contributed by atoms with Gasteiger partial charge in [-0.05, 0) is 42.2 Å². The third kappa shape index (κ3) is 4.86. The highest BCUT2D eigenvalue weighted by atomic mass is 79.9. The number of hydrogen-bond donors (Lipinski definition) is 1. The van der Waals surface area contributed by atoms with E-state index in [0.29, 0.717) is 12.0 Å². The van der Waals surface area contributed by atoms with Crippen molar-refractivity contribution in [2.24, 2.45) is 0 Å². The number of aliphatic hydroxyl groups excluding tert-OH is 1. The first kappa shape index (κ1) is 16.0. The number of hydrogen-bond acceptors (Lipinski definition) is 1. The molecule has 112 valence electrons. The summed E-state index contributed by atoms with van der Waals surface area (Å²) >= 11 is 3.34. The summed E-state index contributed by atoms with van der Waals surface area (Å²) in [6, 6.07) is 12.6. The van der Waals surface area contributed by atoms with Crippen molar-refractivity contribution in [2.45, 2.75) is 25.1 Å². The molecule has 5 heteroatoms. The molecule has 1 atom stereocenters. The number of benzene rings is 2. The van der Waals surface area contributed by atoms with Gasteiger partial charge in [0.25, 0.3) is 0 Å². The first-order valence-corrected chi connectivity index (χ1v) is 7.22. The van der Waals surface area contributed by atoms with Gasteiger partial charge in [0.05, 0.1) is 11.7 Å². The fraction of sp³-hybridized carbons (Fsp3) is 0.250. The molecule has 1 unspecified atom stereocenters. The largest absolute Gasteiger partial charge is 0.416 e. The third-order valence-corrected chi connectivity index (χ3v) is 3.58. The fourth-order valence-corrected chi connectivity index (χ4v) is 2.60. The summed E-state index contributed by atoms with van der Waals surface area (Å²) in [5.74, 6) is 0. The lowest BCUT2D eigenvalue weighted by Crippen LogP contribution is -2.14. The van der Waals surface area contributed by atoms with Gasteiger partial charge >= 0.3 is 6.18 Å². The maximum atomic E-state index is 12.6. The molecule has 1 N–H and O–H groups in total. The van der Waals surface area contributed by atoms with Gasteiger partial charge in [-0.2, -0.15) is 13.2 Å². The number of aliphatic hydroxyl groups is 1. The molecule has 0 spiro atoms. The maximum absolute atomic E-state index is 12.6. The SMILES string of the molecule is OC(Cc1cccc(Br)c1)Cc1cccc(C(F)(F)F)c1. The molecule has 0 bridgehead atoms. The van der Waals surface area contributed by atoms with Gasteiger partial charge in [-0.1, -0.05) is 46.3 Å². The van der Waals surface area contributed by atoms with Crippen molar-refractivity contribution in [3.8, 4) is 0 Å². The van der Waals surface area contributed by atoms with Gasteiger partial charge < -0.3 is 5.11 Å². The predicted octanol–water partition coefficient (Wildman–Crippen LogP) is 4.61. The molecule has 0 aliphatic rings. The van der Waals surface area contributed by atoms with Crippen LogP contribution in [-0.4, -0.2) is 11.2 Å². The summed E-state index contributed by atoms with van der Waals surface area (Å²) in [5.41, 5.74) is 0.728. The molecule has 1 nitrogen and oxygen atoms in total. The standard InChI is InChI=1S/C16H14BrF3O/c17-14-6-2-4-12(8-14)10-15(21)9-11-3-1-5-13(7-11)16(18,19)20/h1-8,15,21H,9-10H2. The van der Waals surface area contributed by atoms with E-state index in [-0.39, 0.29) is 6.42 Å². The lowest BCUT2D eigenvalue weighted by molar-refractivity contribution is -0.137. The Morgan fingerprint density at radius 3 is 2.10 bits per heavy atom. The average molecular weight is 359 g/mol. The molecule has 0 aromatic heterocycles. The smallest absolute Gasteiger partial charge is 0.392 e. The molecule has 0 fully saturated rings. The first-order chi connectivity index (χ1) is 9.84. The Balaban J connectivity index is 2.04. The Morgan fingerprint density at radius 2 is 1.52 bits per heavy atom. The summed E-state index contributed by atoms with van der Waals surface area (Å²) < 4.78 is 38.8. The summed E-state index contributed by atoms with van der Waals surface area (Å²) in [6.07, 6.45) is -4.49. The van der Waals surface area contributed by atoms with E-state index in [1.807, 2.05) is 24.3 Å². The van der Waals surface area contributed by atoms with Crippen molar-refractivity contribution in [1.82, 2.24) is 0 Å². The Labute approximate surface area is 129 Å². The van der Waals surface area contributed by atoms with Crippen molar-refractivity contribution in [2.75, 3.05) is 0 Å². The molecule has 0 aliphatic carbocycles. The van der Waals surface area contributed by atoms with E-state index < -0.39 is 17.8 Å². The van der Waals surface area contributed by atoms with Gasteiger partial charge in [0.1, 0.15) is 0 Å². The second-order valence-corrected chi connectivity index (χ2v) is 5.81. The summed E-state index contributed by atoms with van der Waals surface area (Å²) in [6.45, 7) is 0. The second-order valence-electron chi connectivity index (χ2n) is 4.89. The molecular weight excluding hydrogens is 345 g/mol. The Bertz CT molecular complexity index is 610. The van der Waals surface area contributed by atoms with Crippen LogP contribution in [0.15, 0.2) is 53.0 Å². The fourth-order valence-electron chi connectivity index (χ4n) is 2.15. The van der Waals surface area contributed by atoms with E-state index in [9.17, 15) is 18.3 Å². The molecule has 0 radical (unpaired) electrons. The predicted molar refractivity (Wildman–Crippen MR) is 79.0 cm³/mol. The molecule has 0 aliphatic heterocycles. The molecule has 2 rings (SSSR count). The highest BCUT2D eigenvalue weighted by molar-refractivity contribution is 9.10. The highest BCUT2D eigenvalue weighted by Gasteiger charge is 2.30. The van der Waals surface area contributed by atoms with Crippen molar-refractivity contribution < 1.29 is 18.3 Å². The molecule has 2 aromatic rings. The minimum absolute atomic E-state index is 0.191. The van der Waals surface area contributed by atoms with E-state index in [4.69, 9.17) is 0 Å². The van der Waals surface area contributed by atoms with Crippen LogP contribution in [0.5, 0.6) is 0 Å². The van der Waals surface area contributed by atoms with E-state index >= 15 is 0 Å². The molecule has 0 saturated heterocycles. The van der Waals surface area contributed by atoms with Crippen LogP contribution in [0.25, 0.3) is 0 Å². The quantitative estimate of drug-likeness (QED) is 0.845. The van der Waals surface area contributed by atoms with Crippen LogP contribution in [0.3, 0.4) is 0 Å². The van der Waals surface area contributed by atoms with Crippen LogP contribution < -0.4 is 0 Å². The van der Waals surface area contributed by atoms with Crippen molar-refractivity contribution in [3.05, 3.63) is 69.7 Å². The van der Waals surface area contributed by atoms with Gasteiger partial charge in [0, 0.05) is 4.47 Å². The van der Waals surface area contributed by atoms with Crippen LogP contribution in [-0.2, 0) is 19.0 Å². The van der Waals surface area contributed by atoms with Gasteiger partial charge in [0.15, 0.2) is 0 Å². The molecular formula is C16H14BrF3O. The van der Waals surface area contributed by atoms with Gasteiger partial charge in [-0.3, -0.25) is 0 Å². The van der Waals surface area contributed by atoms with Crippen LogP contribution >= 0.6 is 15.9 Å². The lowest BCUT2D eigenvalue weighted by Gasteiger charge is -2.13. The second kappa shape index (κ2) is 6.62. The normalized spacial score (nSPS) is 13.2. The van der Waals surface area contributed by atoms with Crippen molar-refractivity contribution >= 4 is 15.9 Å². The zero-order valence-electron chi connectivity index (χ0n) is 11.1. The van der Waals surface area contributed by atoms with Crippen molar-refractivity contribution in [1.29, 1.82) is 0 Å². The Morgan fingerprint density at radius 1 is 0.952 bits per heavy atom. The Hall–Kier alpha value is -1.33. The summed E-state index contributed by atoms with van der Waals surface area (Å²) in [7, 11) is 0. The van der Waals surface area contributed by atoms with E-state index in [1.165, 1.54) is 6.07 Å². The molecule has 0 saturated carbocycles. The Kier molecular flexibility index (Phi) is 5.06. The minimum atomic E-state index is -4.36. The number of halogens is 4. The van der Waals surface area contributed by atoms with E-state index in [2.05, 4.69) is 15.9 Å². The van der Waals surface area contributed by atoms with Gasteiger partial charge in [-0.15, -0.1) is 0 Å². The highest BCUT2D eigenvalue weighted by Crippen LogP contribution is 2.29.